The van der Waals surface area contributed by atoms with E-state index in [0.29, 0.717) is 12.4 Å². The molecule has 1 unspecified atom stereocenters. The molecule has 1 aromatic rings. The van der Waals surface area contributed by atoms with Gasteiger partial charge in [0.1, 0.15) is 0 Å². The van der Waals surface area contributed by atoms with Gasteiger partial charge in [-0.1, -0.05) is 0 Å². The van der Waals surface area contributed by atoms with Crippen LogP contribution in [0.1, 0.15) is 17.5 Å². The van der Waals surface area contributed by atoms with E-state index in [-0.39, 0.29) is 6.04 Å². The Morgan fingerprint density at radius 1 is 1.85 bits per heavy atom. The van der Waals surface area contributed by atoms with Gasteiger partial charge in [-0.15, -0.1) is 0 Å². The van der Waals surface area contributed by atoms with Crippen molar-refractivity contribution in [3.05, 3.63) is 18.2 Å². The molecule has 5 nitrogen and oxygen atoms in total. The van der Waals surface area contributed by atoms with Crippen molar-refractivity contribution in [2.45, 2.75) is 19.5 Å². The van der Waals surface area contributed by atoms with E-state index in [0.717, 1.165) is 0 Å². The van der Waals surface area contributed by atoms with Gasteiger partial charge < -0.3 is 15.0 Å². The molecule has 0 spiro atoms. The molecule has 0 aliphatic heterocycles. The lowest BCUT2D eigenvalue weighted by Crippen LogP contribution is -2.24. The van der Waals surface area contributed by atoms with Gasteiger partial charge in [0.2, 0.25) is 5.82 Å². The van der Waals surface area contributed by atoms with E-state index in [9.17, 15) is 4.79 Å². The summed E-state index contributed by atoms with van der Waals surface area (Å²) in [6.45, 7) is 2.42. The molecule has 0 bridgehead atoms. The van der Waals surface area contributed by atoms with Gasteiger partial charge in [-0.2, -0.15) is 0 Å². The van der Waals surface area contributed by atoms with Crippen molar-refractivity contribution in [2.75, 3.05) is 7.11 Å². The summed E-state index contributed by atoms with van der Waals surface area (Å²) in [5, 5.41) is 0. The molecule has 0 aliphatic carbocycles. The first kappa shape index (κ1) is 9.73. The van der Waals surface area contributed by atoms with Crippen molar-refractivity contribution < 1.29 is 9.53 Å². The third-order valence-corrected chi connectivity index (χ3v) is 1.57. The molecule has 0 saturated carbocycles. The molecule has 72 valence electrons. The Kier molecular flexibility index (Phi) is 3.02. The van der Waals surface area contributed by atoms with Crippen molar-refractivity contribution in [1.82, 2.24) is 9.55 Å². The van der Waals surface area contributed by atoms with Crippen LogP contribution < -0.4 is 5.73 Å². The number of carbonyl (C=O) groups excluding carboxylic acids is 1. The first-order valence-electron chi connectivity index (χ1n) is 4.00. The van der Waals surface area contributed by atoms with Crippen molar-refractivity contribution >= 4 is 5.97 Å². The van der Waals surface area contributed by atoms with Crippen molar-refractivity contribution in [2.24, 2.45) is 5.73 Å². The Morgan fingerprint density at radius 2 is 2.54 bits per heavy atom. The lowest BCUT2D eigenvalue weighted by atomic mass is 10.3. The zero-order valence-electron chi connectivity index (χ0n) is 7.73. The number of nitrogens with zero attached hydrogens (tertiary/aromatic N) is 2. The van der Waals surface area contributed by atoms with E-state index in [4.69, 9.17) is 5.73 Å². The molecule has 1 heterocycles. The van der Waals surface area contributed by atoms with Gasteiger partial charge in [0, 0.05) is 25.0 Å². The number of rotatable bonds is 3. The topological polar surface area (TPSA) is 70.1 Å². The zero-order chi connectivity index (χ0) is 9.84. The fourth-order valence-corrected chi connectivity index (χ4v) is 1.05. The molecule has 0 aromatic carbocycles. The molecule has 5 heteroatoms. The largest absolute Gasteiger partial charge is 0.463 e. The molecule has 0 amide bonds. The van der Waals surface area contributed by atoms with Gasteiger partial charge in [-0.05, 0) is 6.92 Å². The van der Waals surface area contributed by atoms with Crippen LogP contribution in [-0.4, -0.2) is 28.7 Å². The summed E-state index contributed by atoms with van der Waals surface area (Å²) in [5.74, 6) is -0.148. The average Bonchev–Trinajstić information content (AvgIpc) is 2.50. The molecular formula is C8H13N3O2. The van der Waals surface area contributed by atoms with E-state index < -0.39 is 5.97 Å². The summed E-state index contributed by atoms with van der Waals surface area (Å²) in [5.41, 5.74) is 5.59. The minimum Gasteiger partial charge on any atom is -0.463 e. The summed E-state index contributed by atoms with van der Waals surface area (Å²) in [4.78, 5) is 15.0. The lowest BCUT2D eigenvalue weighted by Gasteiger charge is -2.08. The molecule has 1 atom stereocenters. The van der Waals surface area contributed by atoms with Crippen molar-refractivity contribution in [1.29, 1.82) is 0 Å². The minimum atomic E-state index is -0.439. The number of carbonyl (C=O) groups is 1. The van der Waals surface area contributed by atoms with Crippen LogP contribution in [0, 0.1) is 0 Å². The number of hydrogen-bond donors (Lipinski definition) is 1. The summed E-state index contributed by atoms with van der Waals surface area (Å²) in [7, 11) is 1.33. The normalized spacial score (nSPS) is 12.5. The maximum Gasteiger partial charge on any atom is 0.374 e. The van der Waals surface area contributed by atoms with Crippen LogP contribution in [-0.2, 0) is 11.3 Å². The van der Waals surface area contributed by atoms with Crippen LogP contribution in [0.3, 0.4) is 0 Å². The Morgan fingerprint density at radius 3 is 3.08 bits per heavy atom. The molecule has 0 aliphatic rings. The monoisotopic (exact) mass is 183 g/mol. The second kappa shape index (κ2) is 4.04. The predicted molar refractivity (Wildman–Crippen MR) is 47.2 cm³/mol. The highest BCUT2D eigenvalue weighted by atomic mass is 16.5. The molecule has 1 rings (SSSR count). The number of aromatic nitrogens is 2. The van der Waals surface area contributed by atoms with Crippen LogP contribution >= 0.6 is 0 Å². The Bertz CT molecular complexity index is 293. The average molecular weight is 183 g/mol. The number of hydrogen-bond acceptors (Lipinski definition) is 4. The molecule has 2 N–H and O–H groups in total. The van der Waals surface area contributed by atoms with E-state index in [2.05, 4.69) is 9.72 Å². The van der Waals surface area contributed by atoms with Gasteiger partial charge in [0.25, 0.3) is 0 Å². The number of nitrogens with two attached hydrogens (primary N) is 1. The van der Waals surface area contributed by atoms with Gasteiger partial charge in [0.05, 0.1) is 7.11 Å². The molecule has 0 fully saturated rings. The Hall–Kier alpha value is -1.36. The third kappa shape index (κ3) is 2.29. The second-order valence-electron chi connectivity index (χ2n) is 2.87. The van der Waals surface area contributed by atoms with Crippen LogP contribution in [0.2, 0.25) is 0 Å². The molecule has 13 heavy (non-hydrogen) atoms. The van der Waals surface area contributed by atoms with Gasteiger partial charge in [0.15, 0.2) is 0 Å². The fraction of sp³-hybridized carbons (Fsp3) is 0.500. The minimum absolute atomic E-state index is 0.0161. The Labute approximate surface area is 76.5 Å². The Balaban J connectivity index is 2.83. The number of methoxy groups -OCH3 is 1. The molecule has 1 aromatic heterocycles. The quantitative estimate of drug-likeness (QED) is 0.670. The van der Waals surface area contributed by atoms with Gasteiger partial charge in [-0.25, -0.2) is 9.78 Å². The summed E-state index contributed by atoms with van der Waals surface area (Å²) in [6, 6.07) is -0.0161. The maximum absolute atomic E-state index is 11.1. The number of imidazole rings is 1. The van der Waals surface area contributed by atoms with E-state index in [1.807, 2.05) is 6.92 Å². The fourth-order valence-electron chi connectivity index (χ4n) is 1.05. The van der Waals surface area contributed by atoms with E-state index in [1.165, 1.54) is 7.11 Å². The standard InChI is InChI=1S/C8H13N3O2/c1-6(9)5-11-4-3-10-7(11)8(12)13-2/h3-4,6H,5,9H2,1-2H3. The van der Waals surface area contributed by atoms with Crippen LogP contribution in [0.25, 0.3) is 0 Å². The van der Waals surface area contributed by atoms with Crippen molar-refractivity contribution in [3.8, 4) is 0 Å². The molecule has 0 radical (unpaired) electrons. The summed E-state index contributed by atoms with van der Waals surface area (Å²) in [6.07, 6.45) is 3.25. The van der Waals surface area contributed by atoms with Crippen LogP contribution in [0.4, 0.5) is 0 Å². The summed E-state index contributed by atoms with van der Waals surface area (Å²) >= 11 is 0. The smallest absolute Gasteiger partial charge is 0.374 e. The lowest BCUT2D eigenvalue weighted by molar-refractivity contribution is 0.0581. The van der Waals surface area contributed by atoms with Gasteiger partial charge >= 0.3 is 5.97 Å². The predicted octanol–water partition coefficient (Wildman–Crippen LogP) is 0.0169. The third-order valence-electron chi connectivity index (χ3n) is 1.57. The highest BCUT2D eigenvalue weighted by molar-refractivity contribution is 5.85. The number of esters is 1. The van der Waals surface area contributed by atoms with Crippen molar-refractivity contribution in [3.63, 3.8) is 0 Å². The number of ether oxygens (including phenoxy) is 1. The SMILES string of the molecule is COC(=O)c1nccn1CC(C)N. The molecular weight excluding hydrogens is 170 g/mol. The maximum atomic E-state index is 11.1. The van der Waals surface area contributed by atoms with E-state index in [1.54, 1.807) is 17.0 Å². The molecule has 0 saturated heterocycles. The van der Waals surface area contributed by atoms with Crippen LogP contribution in [0.15, 0.2) is 12.4 Å². The first-order chi connectivity index (χ1) is 6.15. The van der Waals surface area contributed by atoms with Crippen LogP contribution in [0.5, 0.6) is 0 Å². The van der Waals surface area contributed by atoms with E-state index >= 15 is 0 Å². The highest BCUT2D eigenvalue weighted by Crippen LogP contribution is 2.00. The first-order valence-corrected chi connectivity index (χ1v) is 4.00. The zero-order valence-corrected chi connectivity index (χ0v) is 7.73. The van der Waals surface area contributed by atoms with Gasteiger partial charge in [-0.3, -0.25) is 0 Å². The summed E-state index contributed by atoms with van der Waals surface area (Å²) < 4.78 is 6.23. The highest BCUT2D eigenvalue weighted by Gasteiger charge is 2.12. The second-order valence-corrected chi connectivity index (χ2v) is 2.87.